The summed E-state index contributed by atoms with van der Waals surface area (Å²) in [5.74, 6) is 0.795. The predicted octanol–water partition coefficient (Wildman–Crippen LogP) is 2.40. The van der Waals surface area contributed by atoms with Gasteiger partial charge in [0.2, 0.25) is 0 Å². The van der Waals surface area contributed by atoms with E-state index in [9.17, 15) is 4.79 Å². The van der Waals surface area contributed by atoms with E-state index in [1.807, 2.05) is 0 Å². The SMILES string of the molecule is O=C(C1CCCOC1)C1Cc2ccccc2C1. The fourth-order valence-electron chi connectivity index (χ4n) is 3.06. The molecule has 90 valence electrons. The molecule has 0 saturated carbocycles. The minimum absolute atomic E-state index is 0.156. The number of Topliss-reactive ketones (excluding diaryl/α,β-unsaturated/α-hetero) is 1. The number of benzene rings is 1. The second-order valence-corrected chi connectivity index (χ2v) is 5.19. The zero-order valence-electron chi connectivity index (χ0n) is 10.0. The monoisotopic (exact) mass is 230 g/mol. The van der Waals surface area contributed by atoms with Gasteiger partial charge in [-0.15, -0.1) is 0 Å². The fourth-order valence-corrected chi connectivity index (χ4v) is 3.06. The topological polar surface area (TPSA) is 26.3 Å². The van der Waals surface area contributed by atoms with Crippen LogP contribution in [-0.4, -0.2) is 19.0 Å². The smallest absolute Gasteiger partial charge is 0.142 e. The Hall–Kier alpha value is -1.15. The average molecular weight is 230 g/mol. The first-order valence-electron chi connectivity index (χ1n) is 6.53. The van der Waals surface area contributed by atoms with Crippen molar-refractivity contribution in [2.45, 2.75) is 25.7 Å². The van der Waals surface area contributed by atoms with Crippen LogP contribution in [0.15, 0.2) is 24.3 Å². The summed E-state index contributed by atoms with van der Waals surface area (Å²) in [5.41, 5.74) is 2.73. The van der Waals surface area contributed by atoms with Gasteiger partial charge in [-0.05, 0) is 36.8 Å². The lowest BCUT2D eigenvalue weighted by Gasteiger charge is -2.23. The number of carbonyl (C=O) groups excluding carboxylic acids is 1. The molecular formula is C15H18O2. The van der Waals surface area contributed by atoms with Crippen molar-refractivity contribution in [2.24, 2.45) is 11.8 Å². The standard InChI is InChI=1S/C15H18O2/c16-15(13-6-3-7-17-10-13)14-8-11-4-1-2-5-12(11)9-14/h1-2,4-5,13-14H,3,6-10H2. The van der Waals surface area contributed by atoms with Crippen molar-refractivity contribution in [1.29, 1.82) is 0 Å². The van der Waals surface area contributed by atoms with Crippen LogP contribution in [0.25, 0.3) is 0 Å². The number of hydrogen-bond acceptors (Lipinski definition) is 2. The molecule has 0 radical (unpaired) electrons. The third-order valence-corrected chi connectivity index (χ3v) is 4.02. The number of carbonyl (C=O) groups is 1. The van der Waals surface area contributed by atoms with E-state index in [1.54, 1.807) is 0 Å². The van der Waals surface area contributed by atoms with E-state index in [2.05, 4.69) is 24.3 Å². The van der Waals surface area contributed by atoms with E-state index in [0.29, 0.717) is 12.4 Å². The maximum atomic E-state index is 12.4. The number of fused-ring (bicyclic) bond motifs is 1. The molecule has 17 heavy (non-hydrogen) atoms. The summed E-state index contributed by atoms with van der Waals surface area (Å²) in [7, 11) is 0. The first-order valence-corrected chi connectivity index (χ1v) is 6.53. The highest BCUT2D eigenvalue weighted by atomic mass is 16.5. The van der Waals surface area contributed by atoms with E-state index in [-0.39, 0.29) is 11.8 Å². The molecule has 1 atom stereocenters. The second kappa shape index (κ2) is 4.61. The van der Waals surface area contributed by atoms with Crippen LogP contribution >= 0.6 is 0 Å². The highest BCUT2D eigenvalue weighted by Gasteiger charge is 2.32. The van der Waals surface area contributed by atoms with Crippen LogP contribution in [0.3, 0.4) is 0 Å². The van der Waals surface area contributed by atoms with Gasteiger partial charge in [0.25, 0.3) is 0 Å². The van der Waals surface area contributed by atoms with E-state index in [1.165, 1.54) is 11.1 Å². The second-order valence-electron chi connectivity index (χ2n) is 5.19. The molecule has 2 aliphatic rings. The molecule has 1 aromatic rings. The molecule has 0 N–H and O–H groups in total. The lowest BCUT2D eigenvalue weighted by Crippen LogP contribution is -2.30. The molecule has 0 aromatic heterocycles. The zero-order chi connectivity index (χ0) is 11.7. The normalized spacial score (nSPS) is 24.6. The van der Waals surface area contributed by atoms with Gasteiger partial charge in [-0.1, -0.05) is 24.3 Å². The van der Waals surface area contributed by atoms with Crippen molar-refractivity contribution in [1.82, 2.24) is 0 Å². The summed E-state index contributed by atoms with van der Waals surface area (Å²) in [5, 5.41) is 0. The first kappa shape index (κ1) is 11.0. The van der Waals surface area contributed by atoms with E-state index in [4.69, 9.17) is 4.74 Å². The minimum atomic E-state index is 0.156. The molecule has 1 aliphatic heterocycles. The van der Waals surface area contributed by atoms with Crippen molar-refractivity contribution < 1.29 is 9.53 Å². The summed E-state index contributed by atoms with van der Waals surface area (Å²) >= 11 is 0. The summed E-state index contributed by atoms with van der Waals surface area (Å²) in [6.07, 6.45) is 3.93. The Balaban J connectivity index is 1.69. The molecule has 1 unspecified atom stereocenters. The molecular weight excluding hydrogens is 212 g/mol. The molecule has 3 rings (SSSR count). The van der Waals surface area contributed by atoms with Gasteiger partial charge in [0, 0.05) is 18.4 Å². The van der Waals surface area contributed by atoms with Gasteiger partial charge in [0.05, 0.1) is 6.61 Å². The van der Waals surface area contributed by atoms with Crippen LogP contribution in [0.4, 0.5) is 0 Å². The largest absolute Gasteiger partial charge is 0.381 e. The van der Waals surface area contributed by atoms with Crippen LogP contribution in [0.1, 0.15) is 24.0 Å². The Labute approximate surface area is 102 Å². The summed E-state index contributed by atoms with van der Waals surface area (Å²) in [6.45, 7) is 1.47. The molecule has 1 heterocycles. The van der Waals surface area contributed by atoms with E-state index >= 15 is 0 Å². The number of ketones is 1. The number of hydrogen-bond donors (Lipinski definition) is 0. The molecule has 1 aliphatic carbocycles. The lowest BCUT2D eigenvalue weighted by molar-refractivity contribution is -0.130. The Morgan fingerprint density at radius 1 is 1.12 bits per heavy atom. The first-order chi connectivity index (χ1) is 8.34. The van der Waals surface area contributed by atoms with Crippen molar-refractivity contribution in [2.75, 3.05) is 13.2 Å². The van der Waals surface area contributed by atoms with Crippen molar-refractivity contribution in [3.05, 3.63) is 35.4 Å². The molecule has 2 heteroatoms. The highest BCUT2D eigenvalue weighted by molar-refractivity contribution is 5.85. The van der Waals surface area contributed by atoms with Crippen LogP contribution in [0, 0.1) is 11.8 Å². The van der Waals surface area contributed by atoms with Crippen LogP contribution in [0.5, 0.6) is 0 Å². The highest BCUT2D eigenvalue weighted by Crippen LogP contribution is 2.30. The molecule has 1 fully saturated rings. The van der Waals surface area contributed by atoms with E-state index < -0.39 is 0 Å². The van der Waals surface area contributed by atoms with Gasteiger partial charge >= 0.3 is 0 Å². The van der Waals surface area contributed by atoms with Crippen LogP contribution < -0.4 is 0 Å². The van der Waals surface area contributed by atoms with Crippen molar-refractivity contribution in [3.63, 3.8) is 0 Å². The van der Waals surface area contributed by atoms with Gasteiger partial charge < -0.3 is 4.74 Å². The van der Waals surface area contributed by atoms with Crippen LogP contribution in [-0.2, 0) is 22.4 Å². The number of rotatable bonds is 2. The minimum Gasteiger partial charge on any atom is -0.381 e. The maximum Gasteiger partial charge on any atom is 0.142 e. The molecule has 0 spiro atoms. The van der Waals surface area contributed by atoms with Crippen molar-refractivity contribution in [3.8, 4) is 0 Å². The molecule has 2 nitrogen and oxygen atoms in total. The fraction of sp³-hybridized carbons (Fsp3) is 0.533. The number of ether oxygens (including phenoxy) is 1. The Bertz CT molecular complexity index is 394. The molecule has 1 aromatic carbocycles. The van der Waals surface area contributed by atoms with Gasteiger partial charge in [0.15, 0.2) is 0 Å². The molecule has 1 saturated heterocycles. The predicted molar refractivity (Wildman–Crippen MR) is 65.9 cm³/mol. The van der Waals surface area contributed by atoms with Crippen LogP contribution in [0.2, 0.25) is 0 Å². The average Bonchev–Trinajstić information content (AvgIpc) is 2.82. The third-order valence-electron chi connectivity index (χ3n) is 4.02. The van der Waals surface area contributed by atoms with Crippen molar-refractivity contribution >= 4 is 5.78 Å². The quantitative estimate of drug-likeness (QED) is 0.780. The van der Waals surface area contributed by atoms with Gasteiger partial charge in [0.1, 0.15) is 5.78 Å². The Kier molecular flexibility index (Phi) is 2.98. The van der Waals surface area contributed by atoms with E-state index in [0.717, 1.165) is 32.3 Å². The molecule has 0 amide bonds. The van der Waals surface area contributed by atoms with Gasteiger partial charge in [-0.3, -0.25) is 4.79 Å². The summed E-state index contributed by atoms with van der Waals surface area (Å²) in [6, 6.07) is 8.44. The maximum absolute atomic E-state index is 12.4. The summed E-state index contributed by atoms with van der Waals surface area (Å²) in [4.78, 5) is 12.4. The summed E-state index contributed by atoms with van der Waals surface area (Å²) < 4.78 is 5.42. The lowest BCUT2D eigenvalue weighted by atomic mass is 9.87. The Morgan fingerprint density at radius 3 is 2.41 bits per heavy atom. The third kappa shape index (κ3) is 2.14. The molecule has 0 bridgehead atoms. The van der Waals surface area contributed by atoms with Gasteiger partial charge in [-0.25, -0.2) is 0 Å². The Morgan fingerprint density at radius 2 is 1.82 bits per heavy atom. The zero-order valence-corrected chi connectivity index (χ0v) is 10.0. The van der Waals surface area contributed by atoms with Gasteiger partial charge in [-0.2, -0.15) is 0 Å².